The smallest absolute Gasteiger partial charge is 0.291 e. The maximum atomic E-state index is 12.5. The molecule has 0 radical (unpaired) electrons. The molecule has 1 atom stereocenters. The summed E-state index contributed by atoms with van der Waals surface area (Å²) in [5.41, 5.74) is 3.78. The van der Waals surface area contributed by atoms with Crippen molar-refractivity contribution in [3.05, 3.63) is 46.5 Å². The van der Waals surface area contributed by atoms with Gasteiger partial charge in [0, 0.05) is 24.1 Å². The minimum Gasteiger partial charge on any atom is -0.352 e. The maximum absolute atomic E-state index is 12.5. The first-order valence-corrected chi connectivity index (χ1v) is 11.0. The summed E-state index contributed by atoms with van der Waals surface area (Å²) >= 11 is 0. The van der Waals surface area contributed by atoms with Crippen molar-refractivity contribution in [2.24, 2.45) is 10.2 Å². The molecule has 2 amide bonds. The number of hydrogen-bond donors (Lipinski definition) is 1. The normalized spacial score (nSPS) is 22.1. The van der Waals surface area contributed by atoms with Crippen LogP contribution in [-0.4, -0.2) is 48.9 Å². The van der Waals surface area contributed by atoms with Crippen molar-refractivity contribution < 1.29 is 9.59 Å². The van der Waals surface area contributed by atoms with Gasteiger partial charge in [0.15, 0.2) is 0 Å². The highest BCUT2D eigenvalue weighted by molar-refractivity contribution is 5.96. The molecule has 154 valence electrons. The Labute approximate surface area is 172 Å². The van der Waals surface area contributed by atoms with Crippen molar-refractivity contribution in [1.29, 1.82) is 0 Å². The van der Waals surface area contributed by atoms with Crippen LogP contribution in [0, 0.1) is 0 Å². The first-order chi connectivity index (χ1) is 14.2. The summed E-state index contributed by atoms with van der Waals surface area (Å²) < 4.78 is 0. The van der Waals surface area contributed by atoms with E-state index in [1.807, 2.05) is 24.3 Å². The monoisotopic (exact) mass is 394 g/mol. The Kier molecular flexibility index (Phi) is 6.49. The van der Waals surface area contributed by atoms with E-state index >= 15 is 0 Å². The minimum atomic E-state index is -0.155. The maximum Gasteiger partial charge on any atom is 0.291 e. The lowest BCUT2D eigenvalue weighted by Gasteiger charge is -2.25. The zero-order chi connectivity index (χ0) is 20.1. The molecule has 0 saturated carbocycles. The average molecular weight is 395 g/mol. The Balaban J connectivity index is 1.33. The summed E-state index contributed by atoms with van der Waals surface area (Å²) in [5, 5.41) is 11.2. The molecule has 6 heteroatoms. The van der Waals surface area contributed by atoms with Crippen LogP contribution >= 0.6 is 0 Å². The van der Waals surface area contributed by atoms with E-state index in [-0.39, 0.29) is 17.9 Å². The highest BCUT2D eigenvalue weighted by Gasteiger charge is 2.29. The fourth-order valence-corrected chi connectivity index (χ4v) is 4.63. The molecule has 0 bridgehead atoms. The second-order valence-electron chi connectivity index (χ2n) is 8.31. The SMILES string of the molecule is O=C1N=NC(Cc2cccc(C(=O)NCCCN3CCCC3)c2)C2=C1CCCC2. The zero-order valence-electron chi connectivity index (χ0n) is 17.0. The molecular formula is C23H30N4O2. The molecule has 3 aliphatic rings. The molecule has 1 fully saturated rings. The van der Waals surface area contributed by atoms with Crippen molar-refractivity contribution in [1.82, 2.24) is 10.2 Å². The van der Waals surface area contributed by atoms with Crippen LogP contribution in [0.1, 0.15) is 60.9 Å². The number of nitrogens with one attached hydrogen (secondary N) is 1. The summed E-state index contributed by atoms with van der Waals surface area (Å²) in [6, 6.07) is 7.69. The van der Waals surface area contributed by atoms with Crippen molar-refractivity contribution in [2.75, 3.05) is 26.2 Å². The van der Waals surface area contributed by atoms with Crippen molar-refractivity contribution in [2.45, 2.75) is 57.4 Å². The van der Waals surface area contributed by atoms with Crippen LogP contribution in [0.4, 0.5) is 0 Å². The van der Waals surface area contributed by atoms with Gasteiger partial charge >= 0.3 is 0 Å². The lowest BCUT2D eigenvalue weighted by Crippen LogP contribution is -2.28. The molecule has 1 unspecified atom stereocenters. The average Bonchev–Trinajstić information content (AvgIpc) is 3.27. The number of likely N-dealkylation sites (tertiary alicyclic amines) is 1. The molecule has 1 aliphatic carbocycles. The van der Waals surface area contributed by atoms with E-state index in [4.69, 9.17) is 0 Å². The molecular weight excluding hydrogens is 364 g/mol. The van der Waals surface area contributed by atoms with E-state index in [0.717, 1.165) is 55.4 Å². The van der Waals surface area contributed by atoms with Gasteiger partial charge in [-0.2, -0.15) is 5.11 Å². The summed E-state index contributed by atoms with van der Waals surface area (Å²) in [6.45, 7) is 4.15. The second kappa shape index (κ2) is 9.44. The molecule has 29 heavy (non-hydrogen) atoms. The first kappa shape index (κ1) is 20.0. The summed E-state index contributed by atoms with van der Waals surface area (Å²) in [6.07, 6.45) is 8.19. The quantitative estimate of drug-likeness (QED) is 0.717. The van der Waals surface area contributed by atoms with Crippen molar-refractivity contribution in [3.63, 3.8) is 0 Å². The number of azo groups is 1. The van der Waals surface area contributed by atoms with Crippen LogP contribution in [0.3, 0.4) is 0 Å². The fraction of sp³-hybridized carbons (Fsp3) is 0.565. The van der Waals surface area contributed by atoms with Crippen molar-refractivity contribution >= 4 is 11.8 Å². The molecule has 4 rings (SSSR count). The van der Waals surface area contributed by atoms with E-state index < -0.39 is 0 Å². The highest BCUT2D eigenvalue weighted by Crippen LogP contribution is 2.33. The largest absolute Gasteiger partial charge is 0.352 e. The topological polar surface area (TPSA) is 74.1 Å². The van der Waals surface area contributed by atoms with Gasteiger partial charge in [-0.15, -0.1) is 5.11 Å². The van der Waals surface area contributed by atoms with Crippen molar-refractivity contribution in [3.8, 4) is 0 Å². The molecule has 1 saturated heterocycles. The lowest BCUT2D eigenvalue weighted by atomic mass is 9.84. The predicted molar refractivity (Wildman–Crippen MR) is 112 cm³/mol. The molecule has 0 aromatic heterocycles. The first-order valence-electron chi connectivity index (χ1n) is 11.0. The Hall–Kier alpha value is -2.34. The molecule has 2 heterocycles. The number of amides is 2. The van der Waals surface area contributed by atoms with Gasteiger partial charge in [-0.1, -0.05) is 12.1 Å². The standard InChI is InChI=1S/C23H30N4O2/c28-22(24-11-6-14-27-12-3-4-13-27)18-8-5-7-17(15-18)16-21-19-9-1-2-10-20(19)23(29)26-25-21/h5,7-8,15,21H,1-4,6,9-14,16H2,(H,24,28). The van der Waals surface area contributed by atoms with Crippen LogP contribution in [0.25, 0.3) is 0 Å². The van der Waals surface area contributed by atoms with Gasteiger partial charge in [0.25, 0.3) is 11.8 Å². The van der Waals surface area contributed by atoms with Gasteiger partial charge < -0.3 is 10.2 Å². The molecule has 1 aromatic carbocycles. The number of benzene rings is 1. The van der Waals surface area contributed by atoms with Gasteiger partial charge in [0.05, 0.1) is 6.04 Å². The van der Waals surface area contributed by atoms with Crippen LogP contribution < -0.4 is 5.32 Å². The summed E-state index contributed by atoms with van der Waals surface area (Å²) in [7, 11) is 0. The van der Waals surface area contributed by atoms with E-state index in [0.29, 0.717) is 18.5 Å². The van der Waals surface area contributed by atoms with E-state index in [9.17, 15) is 9.59 Å². The van der Waals surface area contributed by atoms with E-state index in [2.05, 4.69) is 20.4 Å². The van der Waals surface area contributed by atoms with E-state index in [1.54, 1.807) is 0 Å². The third-order valence-electron chi connectivity index (χ3n) is 6.21. The molecule has 6 nitrogen and oxygen atoms in total. The number of rotatable bonds is 7. The minimum absolute atomic E-state index is 0.0220. The van der Waals surface area contributed by atoms with Gasteiger partial charge in [-0.3, -0.25) is 9.59 Å². The van der Waals surface area contributed by atoms with Gasteiger partial charge in [-0.25, -0.2) is 0 Å². The Morgan fingerprint density at radius 1 is 1.14 bits per heavy atom. The Morgan fingerprint density at radius 3 is 2.83 bits per heavy atom. The summed E-state index contributed by atoms with van der Waals surface area (Å²) in [5.74, 6) is -0.177. The molecule has 1 aromatic rings. The fourth-order valence-electron chi connectivity index (χ4n) is 4.63. The third-order valence-corrected chi connectivity index (χ3v) is 6.21. The number of nitrogens with zero attached hydrogens (tertiary/aromatic N) is 3. The third kappa shape index (κ3) is 4.99. The predicted octanol–water partition coefficient (Wildman–Crippen LogP) is 3.68. The number of carbonyl (C=O) groups excluding carboxylic acids is 2. The Bertz CT molecular complexity index is 824. The summed E-state index contributed by atoms with van der Waals surface area (Å²) in [4.78, 5) is 27.0. The second-order valence-corrected chi connectivity index (χ2v) is 8.31. The number of hydrogen-bond acceptors (Lipinski definition) is 4. The molecule has 1 N–H and O–H groups in total. The van der Waals surface area contributed by atoms with Crippen LogP contribution in [0.5, 0.6) is 0 Å². The van der Waals surface area contributed by atoms with Gasteiger partial charge in [0.2, 0.25) is 0 Å². The highest BCUT2D eigenvalue weighted by atomic mass is 16.2. The number of carbonyl (C=O) groups is 2. The van der Waals surface area contributed by atoms with Crippen LogP contribution in [-0.2, 0) is 11.2 Å². The molecule has 2 aliphatic heterocycles. The molecule has 0 spiro atoms. The van der Waals surface area contributed by atoms with Crippen LogP contribution in [0.15, 0.2) is 45.6 Å². The van der Waals surface area contributed by atoms with Gasteiger partial charge in [-0.05, 0) is 87.8 Å². The zero-order valence-corrected chi connectivity index (χ0v) is 17.0. The lowest BCUT2D eigenvalue weighted by molar-refractivity contribution is -0.115. The van der Waals surface area contributed by atoms with Crippen LogP contribution in [0.2, 0.25) is 0 Å². The Morgan fingerprint density at radius 2 is 1.97 bits per heavy atom. The van der Waals surface area contributed by atoms with Gasteiger partial charge in [0.1, 0.15) is 0 Å². The van der Waals surface area contributed by atoms with E-state index in [1.165, 1.54) is 25.9 Å².